The van der Waals surface area contributed by atoms with Gasteiger partial charge in [-0.25, -0.2) is 4.98 Å². The first kappa shape index (κ1) is 20.3. The number of amides is 2. The average Bonchev–Trinajstić information content (AvgIpc) is 3.34. The van der Waals surface area contributed by atoms with Crippen LogP contribution in [-0.2, 0) is 0 Å². The molecule has 3 aromatic rings. The van der Waals surface area contributed by atoms with Gasteiger partial charge in [0.15, 0.2) is 5.69 Å². The van der Waals surface area contributed by atoms with Crippen molar-refractivity contribution in [3.63, 3.8) is 0 Å². The standard InChI is InChI=1S/C25H25N3O4/c1-31-20-12-11-18(25(30)28-13-5-6-14-28)15-19(20)26-23(29)21-22(16-9-10-16)32-24(27-21)17-7-3-2-4-8-17/h2-4,7-8,11-12,15-16H,5-6,9-10,13-14H2,1H3,(H,26,29). The van der Waals surface area contributed by atoms with Crippen molar-refractivity contribution in [1.82, 2.24) is 9.88 Å². The topological polar surface area (TPSA) is 84.7 Å². The molecule has 1 N–H and O–H groups in total. The number of oxazole rings is 1. The number of nitrogens with zero attached hydrogens (tertiary/aromatic N) is 2. The van der Waals surface area contributed by atoms with Crippen LogP contribution in [0.25, 0.3) is 11.5 Å². The predicted molar refractivity (Wildman–Crippen MR) is 120 cm³/mol. The van der Waals surface area contributed by atoms with Gasteiger partial charge in [-0.3, -0.25) is 9.59 Å². The molecule has 2 aliphatic rings. The SMILES string of the molecule is COc1ccc(C(=O)N2CCCC2)cc1NC(=O)c1nc(-c2ccccc2)oc1C1CC1. The van der Waals surface area contributed by atoms with Crippen LogP contribution in [0, 0.1) is 0 Å². The second-order valence-corrected chi connectivity index (χ2v) is 8.24. The Kier molecular flexibility index (Phi) is 5.39. The van der Waals surface area contributed by atoms with Crippen LogP contribution in [0.15, 0.2) is 52.9 Å². The summed E-state index contributed by atoms with van der Waals surface area (Å²) in [5.41, 5.74) is 2.07. The second-order valence-electron chi connectivity index (χ2n) is 8.24. The van der Waals surface area contributed by atoms with Crippen molar-refractivity contribution >= 4 is 17.5 Å². The number of carbonyl (C=O) groups is 2. The zero-order chi connectivity index (χ0) is 22.1. The van der Waals surface area contributed by atoms with E-state index in [-0.39, 0.29) is 23.4 Å². The van der Waals surface area contributed by atoms with E-state index in [1.54, 1.807) is 18.2 Å². The number of likely N-dealkylation sites (tertiary alicyclic amines) is 1. The van der Waals surface area contributed by atoms with Crippen LogP contribution in [-0.4, -0.2) is 41.9 Å². The smallest absolute Gasteiger partial charge is 0.278 e. The zero-order valence-corrected chi connectivity index (χ0v) is 18.0. The second kappa shape index (κ2) is 8.49. The highest BCUT2D eigenvalue weighted by Crippen LogP contribution is 2.43. The van der Waals surface area contributed by atoms with Gasteiger partial charge in [-0.2, -0.15) is 0 Å². The van der Waals surface area contributed by atoms with Crippen molar-refractivity contribution in [3.05, 3.63) is 65.5 Å². The van der Waals surface area contributed by atoms with E-state index >= 15 is 0 Å². The number of benzene rings is 2. The van der Waals surface area contributed by atoms with Crippen molar-refractivity contribution in [3.8, 4) is 17.2 Å². The third kappa shape index (κ3) is 3.98. The van der Waals surface area contributed by atoms with Crippen molar-refractivity contribution in [1.29, 1.82) is 0 Å². The molecule has 2 amide bonds. The minimum absolute atomic E-state index is 0.0351. The highest BCUT2D eigenvalue weighted by Gasteiger charge is 2.34. The molecule has 2 fully saturated rings. The van der Waals surface area contributed by atoms with E-state index in [0.29, 0.717) is 28.7 Å². The van der Waals surface area contributed by atoms with Crippen LogP contribution in [0.3, 0.4) is 0 Å². The fourth-order valence-corrected chi connectivity index (χ4v) is 4.04. The summed E-state index contributed by atoms with van der Waals surface area (Å²) in [4.78, 5) is 32.4. The molecule has 32 heavy (non-hydrogen) atoms. The van der Waals surface area contributed by atoms with E-state index in [0.717, 1.165) is 44.3 Å². The first-order valence-corrected chi connectivity index (χ1v) is 11.0. The maximum Gasteiger partial charge on any atom is 0.278 e. The van der Waals surface area contributed by atoms with Crippen LogP contribution in [0.4, 0.5) is 5.69 Å². The van der Waals surface area contributed by atoms with Gasteiger partial charge >= 0.3 is 0 Å². The molecule has 1 saturated heterocycles. The van der Waals surface area contributed by atoms with Crippen molar-refractivity contribution < 1.29 is 18.7 Å². The lowest BCUT2D eigenvalue weighted by molar-refractivity contribution is 0.0792. The molecule has 2 aromatic carbocycles. The largest absolute Gasteiger partial charge is 0.495 e. The highest BCUT2D eigenvalue weighted by molar-refractivity contribution is 6.06. The normalized spacial score (nSPS) is 15.6. The van der Waals surface area contributed by atoms with Crippen LogP contribution in [0.5, 0.6) is 5.75 Å². The van der Waals surface area contributed by atoms with Crippen molar-refractivity contribution in [2.45, 2.75) is 31.6 Å². The number of hydrogen-bond acceptors (Lipinski definition) is 5. The summed E-state index contributed by atoms with van der Waals surface area (Å²) in [7, 11) is 1.53. The molecule has 1 aliphatic carbocycles. The molecule has 2 heterocycles. The van der Waals surface area contributed by atoms with Gasteiger partial charge in [-0.15, -0.1) is 0 Å². The van der Waals surface area contributed by atoms with Gasteiger partial charge in [0.1, 0.15) is 11.5 Å². The summed E-state index contributed by atoms with van der Waals surface area (Å²) in [6.45, 7) is 1.52. The van der Waals surface area contributed by atoms with E-state index in [9.17, 15) is 9.59 Å². The Morgan fingerprint density at radius 3 is 2.53 bits per heavy atom. The van der Waals surface area contributed by atoms with Crippen LogP contribution >= 0.6 is 0 Å². The molecule has 5 rings (SSSR count). The summed E-state index contributed by atoms with van der Waals surface area (Å²) in [5, 5.41) is 2.89. The molecule has 1 aliphatic heterocycles. The van der Waals surface area contributed by atoms with Gasteiger partial charge < -0.3 is 19.4 Å². The van der Waals surface area contributed by atoms with Gasteiger partial charge in [-0.05, 0) is 56.0 Å². The number of hydrogen-bond donors (Lipinski definition) is 1. The van der Waals surface area contributed by atoms with Gasteiger partial charge in [0.25, 0.3) is 11.8 Å². The maximum absolute atomic E-state index is 13.2. The van der Waals surface area contributed by atoms with Crippen LogP contribution in [0.1, 0.15) is 58.2 Å². The molecule has 164 valence electrons. The predicted octanol–water partition coefficient (Wildman–Crippen LogP) is 4.72. The Labute approximate surface area is 186 Å². The number of ether oxygens (including phenoxy) is 1. The molecule has 7 heteroatoms. The van der Waals surface area contributed by atoms with E-state index < -0.39 is 0 Å². The van der Waals surface area contributed by atoms with Crippen molar-refractivity contribution in [2.24, 2.45) is 0 Å². The first-order valence-electron chi connectivity index (χ1n) is 11.0. The van der Waals surface area contributed by atoms with Gasteiger partial charge in [0.2, 0.25) is 5.89 Å². The lowest BCUT2D eigenvalue weighted by Crippen LogP contribution is -2.27. The van der Waals surface area contributed by atoms with Crippen LogP contribution in [0.2, 0.25) is 0 Å². The monoisotopic (exact) mass is 431 g/mol. The number of methoxy groups -OCH3 is 1. The number of aromatic nitrogens is 1. The third-order valence-corrected chi connectivity index (χ3v) is 5.93. The number of carbonyl (C=O) groups excluding carboxylic acids is 2. The summed E-state index contributed by atoms with van der Waals surface area (Å²) in [6, 6.07) is 14.7. The average molecular weight is 431 g/mol. The number of anilines is 1. The maximum atomic E-state index is 13.2. The Hall–Kier alpha value is -3.61. The summed E-state index contributed by atoms with van der Waals surface area (Å²) >= 11 is 0. The summed E-state index contributed by atoms with van der Waals surface area (Å²) < 4.78 is 11.4. The number of rotatable bonds is 6. The lowest BCUT2D eigenvalue weighted by atomic mass is 10.1. The zero-order valence-electron chi connectivity index (χ0n) is 18.0. The van der Waals surface area contributed by atoms with Crippen molar-refractivity contribution in [2.75, 3.05) is 25.5 Å². The van der Waals surface area contributed by atoms with E-state index in [1.807, 2.05) is 35.2 Å². The molecular formula is C25H25N3O4. The summed E-state index contributed by atoms with van der Waals surface area (Å²) in [6.07, 6.45) is 4.00. The first-order chi connectivity index (χ1) is 15.6. The Bertz CT molecular complexity index is 1150. The quantitative estimate of drug-likeness (QED) is 0.611. The van der Waals surface area contributed by atoms with E-state index in [1.165, 1.54) is 7.11 Å². The molecule has 0 unspecified atom stereocenters. The molecule has 0 bridgehead atoms. The minimum Gasteiger partial charge on any atom is -0.495 e. The lowest BCUT2D eigenvalue weighted by Gasteiger charge is -2.17. The molecule has 0 atom stereocenters. The molecular weight excluding hydrogens is 406 g/mol. The molecule has 7 nitrogen and oxygen atoms in total. The van der Waals surface area contributed by atoms with Gasteiger partial charge in [0, 0.05) is 30.1 Å². The molecule has 1 aromatic heterocycles. The minimum atomic E-state index is -0.373. The Morgan fingerprint density at radius 2 is 1.84 bits per heavy atom. The van der Waals surface area contributed by atoms with Gasteiger partial charge in [0.05, 0.1) is 12.8 Å². The fraction of sp³-hybridized carbons (Fsp3) is 0.320. The molecule has 0 spiro atoms. The van der Waals surface area contributed by atoms with E-state index in [2.05, 4.69) is 10.3 Å². The highest BCUT2D eigenvalue weighted by atomic mass is 16.5. The fourth-order valence-electron chi connectivity index (χ4n) is 4.04. The molecule has 1 saturated carbocycles. The Morgan fingerprint density at radius 1 is 1.09 bits per heavy atom. The number of nitrogens with one attached hydrogen (secondary N) is 1. The summed E-state index contributed by atoms with van der Waals surface area (Å²) in [5.74, 6) is 1.34. The third-order valence-electron chi connectivity index (χ3n) is 5.93. The Balaban J connectivity index is 1.44. The molecule has 0 radical (unpaired) electrons. The van der Waals surface area contributed by atoms with Crippen LogP contribution < -0.4 is 10.1 Å². The van der Waals surface area contributed by atoms with E-state index in [4.69, 9.17) is 9.15 Å². The van der Waals surface area contributed by atoms with Gasteiger partial charge in [-0.1, -0.05) is 18.2 Å².